The first-order chi connectivity index (χ1) is 15.2. The second-order valence-electron chi connectivity index (χ2n) is 7.63. The van der Waals surface area contributed by atoms with Gasteiger partial charge in [0.05, 0.1) is 7.11 Å². The molecule has 0 saturated carbocycles. The van der Waals surface area contributed by atoms with E-state index < -0.39 is 18.1 Å². The van der Waals surface area contributed by atoms with E-state index in [-0.39, 0.29) is 36.6 Å². The van der Waals surface area contributed by atoms with Gasteiger partial charge < -0.3 is 20.7 Å². The Balaban J connectivity index is 2.60. The molecule has 1 aromatic rings. The lowest BCUT2D eigenvalue weighted by Gasteiger charge is -2.20. The molecule has 1 rings (SSSR count). The highest BCUT2D eigenvalue weighted by Crippen LogP contribution is 2.11. The molecule has 0 aliphatic carbocycles. The van der Waals surface area contributed by atoms with Crippen molar-refractivity contribution in [2.24, 2.45) is 5.92 Å². The summed E-state index contributed by atoms with van der Waals surface area (Å²) in [4.78, 5) is 49.1. The lowest BCUT2D eigenvalue weighted by atomic mass is 10.0. The Kier molecular flexibility index (Phi) is 12.8. The summed E-state index contributed by atoms with van der Waals surface area (Å²) in [5, 5.41) is 8.58. The molecule has 0 aliphatic rings. The van der Waals surface area contributed by atoms with Crippen molar-refractivity contribution in [2.45, 2.75) is 45.2 Å². The highest BCUT2D eigenvalue weighted by Gasteiger charge is 2.24. The molecule has 0 radical (unpaired) electrons. The van der Waals surface area contributed by atoms with Crippen LogP contribution >= 0.6 is 23.4 Å². The highest BCUT2D eigenvalue weighted by molar-refractivity contribution is 7.98. The van der Waals surface area contributed by atoms with Gasteiger partial charge in [-0.2, -0.15) is 11.8 Å². The van der Waals surface area contributed by atoms with Crippen molar-refractivity contribution in [3.8, 4) is 0 Å². The molecule has 0 aromatic heterocycles. The summed E-state index contributed by atoms with van der Waals surface area (Å²) < 4.78 is 4.72. The van der Waals surface area contributed by atoms with Crippen molar-refractivity contribution in [1.29, 1.82) is 0 Å². The number of esters is 1. The van der Waals surface area contributed by atoms with E-state index in [0.717, 1.165) is 0 Å². The third kappa shape index (κ3) is 10.4. The summed E-state index contributed by atoms with van der Waals surface area (Å²) in [6.07, 6.45) is 2.80. The van der Waals surface area contributed by atoms with Crippen molar-refractivity contribution in [2.75, 3.05) is 25.7 Å². The summed E-state index contributed by atoms with van der Waals surface area (Å²) in [7, 11) is 1.27. The van der Waals surface area contributed by atoms with E-state index in [4.69, 9.17) is 16.3 Å². The Morgan fingerprint density at radius 3 is 2.28 bits per heavy atom. The number of hydrogen-bond donors (Lipinski definition) is 3. The Labute approximate surface area is 198 Å². The fourth-order valence-electron chi connectivity index (χ4n) is 2.86. The normalized spacial score (nSPS) is 12.6. The van der Waals surface area contributed by atoms with Crippen molar-refractivity contribution in [3.05, 3.63) is 34.9 Å². The van der Waals surface area contributed by atoms with E-state index >= 15 is 0 Å². The molecule has 2 atom stereocenters. The van der Waals surface area contributed by atoms with E-state index in [2.05, 4.69) is 16.0 Å². The van der Waals surface area contributed by atoms with E-state index in [9.17, 15) is 19.2 Å². The topological polar surface area (TPSA) is 114 Å². The predicted octanol–water partition coefficient (Wildman–Crippen LogP) is 2.40. The van der Waals surface area contributed by atoms with Crippen molar-refractivity contribution in [3.63, 3.8) is 0 Å². The molecule has 10 heteroatoms. The number of ether oxygens (including phenoxy) is 1. The molecule has 32 heavy (non-hydrogen) atoms. The van der Waals surface area contributed by atoms with Crippen LogP contribution in [0.15, 0.2) is 24.3 Å². The molecule has 0 heterocycles. The van der Waals surface area contributed by atoms with Crippen molar-refractivity contribution >= 4 is 47.1 Å². The molecular formula is C22H32ClN3O5S. The fraction of sp³-hybridized carbons (Fsp3) is 0.545. The summed E-state index contributed by atoms with van der Waals surface area (Å²) in [6.45, 7) is 3.97. The maximum absolute atomic E-state index is 12.6. The Hall–Kier alpha value is -2.26. The number of carbonyl (C=O) groups is 4. The highest BCUT2D eigenvalue weighted by atomic mass is 35.5. The molecule has 0 bridgehead atoms. The number of nitrogens with one attached hydrogen (secondary N) is 3. The molecule has 0 unspecified atom stereocenters. The van der Waals surface area contributed by atoms with Crippen LogP contribution in [0.3, 0.4) is 0 Å². The van der Waals surface area contributed by atoms with Crippen LogP contribution in [0.25, 0.3) is 0 Å². The van der Waals surface area contributed by atoms with Gasteiger partial charge in [-0.15, -0.1) is 0 Å². The monoisotopic (exact) mass is 485 g/mol. The molecule has 8 nitrogen and oxygen atoms in total. The number of halogens is 1. The molecule has 3 amide bonds. The van der Waals surface area contributed by atoms with Crippen LogP contribution < -0.4 is 16.0 Å². The van der Waals surface area contributed by atoms with Crippen LogP contribution in [0.2, 0.25) is 5.02 Å². The van der Waals surface area contributed by atoms with Crippen LogP contribution in [0, 0.1) is 5.92 Å². The molecule has 3 N–H and O–H groups in total. The van der Waals surface area contributed by atoms with Crippen LogP contribution in [0.5, 0.6) is 0 Å². The number of methoxy groups -OCH3 is 1. The van der Waals surface area contributed by atoms with Crippen LogP contribution in [0.4, 0.5) is 0 Å². The SMILES string of the molecule is COC(=O)[C@H](CCSC)NC(=O)CCNC(=O)[C@H](CC(C)C)NC(=O)c1ccc(Cl)cc1. The van der Waals surface area contributed by atoms with Gasteiger partial charge in [-0.3, -0.25) is 14.4 Å². The van der Waals surface area contributed by atoms with Gasteiger partial charge in [0, 0.05) is 23.6 Å². The van der Waals surface area contributed by atoms with Gasteiger partial charge in [0.15, 0.2) is 0 Å². The first kappa shape index (κ1) is 27.8. The van der Waals surface area contributed by atoms with Gasteiger partial charge in [0.2, 0.25) is 11.8 Å². The zero-order chi connectivity index (χ0) is 24.1. The summed E-state index contributed by atoms with van der Waals surface area (Å²) in [5.74, 6) is -0.765. The van der Waals surface area contributed by atoms with Gasteiger partial charge in [0.25, 0.3) is 5.91 Å². The maximum atomic E-state index is 12.6. The molecule has 0 aliphatic heterocycles. The largest absolute Gasteiger partial charge is 0.467 e. The number of benzene rings is 1. The minimum Gasteiger partial charge on any atom is -0.467 e. The minimum absolute atomic E-state index is 0.00195. The second kappa shape index (κ2) is 14.7. The van der Waals surface area contributed by atoms with Crippen molar-refractivity contribution < 1.29 is 23.9 Å². The zero-order valence-electron chi connectivity index (χ0n) is 18.9. The zero-order valence-corrected chi connectivity index (χ0v) is 20.5. The minimum atomic E-state index is -0.745. The quantitative estimate of drug-likeness (QED) is 0.370. The number of thioether (sulfide) groups is 1. The molecular weight excluding hydrogens is 454 g/mol. The van der Waals surface area contributed by atoms with Crippen molar-refractivity contribution in [1.82, 2.24) is 16.0 Å². The van der Waals surface area contributed by atoms with Gasteiger partial charge >= 0.3 is 5.97 Å². The smallest absolute Gasteiger partial charge is 0.328 e. The summed E-state index contributed by atoms with van der Waals surface area (Å²) >= 11 is 7.41. The number of amides is 3. The molecule has 0 saturated heterocycles. The van der Waals surface area contributed by atoms with Crippen LogP contribution in [-0.4, -0.2) is 61.4 Å². The summed E-state index contributed by atoms with van der Waals surface area (Å²) in [6, 6.07) is 4.91. The maximum Gasteiger partial charge on any atom is 0.328 e. The first-order valence-corrected chi connectivity index (χ1v) is 12.1. The van der Waals surface area contributed by atoms with Gasteiger partial charge in [-0.25, -0.2) is 4.79 Å². The Morgan fingerprint density at radius 1 is 1.06 bits per heavy atom. The van der Waals surface area contributed by atoms with E-state index in [0.29, 0.717) is 29.2 Å². The first-order valence-electron chi connectivity index (χ1n) is 10.4. The number of rotatable bonds is 13. The lowest BCUT2D eigenvalue weighted by Crippen LogP contribution is -2.48. The van der Waals surface area contributed by atoms with Crippen LogP contribution in [-0.2, 0) is 19.1 Å². The van der Waals surface area contributed by atoms with Gasteiger partial charge in [-0.1, -0.05) is 25.4 Å². The van der Waals surface area contributed by atoms with E-state index in [1.165, 1.54) is 7.11 Å². The number of carbonyl (C=O) groups excluding carboxylic acids is 4. The molecule has 1 aromatic carbocycles. The second-order valence-corrected chi connectivity index (χ2v) is 9.05. The van der Waals surface area contributed by atoms with Gasteiger partial charge in [0.1, 0.15) is 12.1 Å². The number of hydrogen-bond acceptors (Lipinski definition) is 6. The molecule has 0 spiro atoms. The van der Waals surface area contributed by atoms with E-state index in [1.54, 1.807) is 36.0 Å². The average Bonchev–Trinajstić information content (AvgIpc) is 2.75. The van der Waals surface area contributed by atoms with Gasteiger partial charge in [-0.05, 0) is 55.0 Å². The Morgan fingerprint density at radius 2 is 1.72 bits per heavy atom. The van der Waals surface area contributed by atoms with Crippen LogP contribution in [0.1, 0.15) is 43.5 Å². The standard InChI is InChI=1S/C22H32ClN3O5S/c1-14(2)13-18(26-20(28)15-5-7-16(23)8-6-15)21(29)24-11-9-19(27)25-17(10-12-32-4)22(30)31-3/h5-8,14,17-18H,9-13H2,1-4H3,(H,24,29)(H,25,27)(H,26,28)/t17-,18-/m0/s1. The average molecular weight is 486 g/mol. The fourth-order valence-corrected chi connectivity index (χ4v) is 3.46. The Bertz CT molecular complexity index is 773. The predicted molar refractivity (Wildman–Crippen MR) is 127 cm³/mol. The summed E-state index contributed by atoms with van der Waals surface area (Å²) in [5.41, 5.74) is 0.398. The third-order valence-electron chi connectivity index (χ3n) is 4.52. The molecule has 0 fully saturated rings. The molecule has 178 valence electrons. The third-order valence-corrected chi connectivity index (χ3v) is 5.41. The lowest BCUT2D eigenvalue weighted by molar-refractivity contribution is -0.145. The van der Waals surface area contributed by atoms with E-state index in [1.807, 2.05) is 20.1 Å².